The molecule has 0 aliphatic heterocycles. The lowest BCUT2D eigenvalue weighted by molar-refractivity contribution is 0.0600. The van der Waals surface area contributed by atoms with Gasteiger partial charge in [-0.3, -0.25) is 4.79 Å². The van der Waals surface area contributed by atoms with Crippen LogP contribution in [0, 0.1) is 5.82 Å². The standard InChI is InChI=1S/C17H13FN2O3/c1-23-17(22)11-3-2-4-13(7-11)19-16(21)15-8-10-5-6-12(18)9-14(10)20-15/h2-9,20H,1H3,(H,19,21). The highest BCUT2D eigenvalue weighted by Crippen LogP contribution is 2.18. The van der Waals surface area contributed by atoms with Gasteiger partial charge >= 0.3 is 5.97 Å². The van der Waals surface area contributed by atoms with Gasteiger partial charge in [0.05, 0.1) is 12.7 Å². The summed E-state index contributed by atoms with van der Waals surface area (Å²) in [5.74, 6) is -1.25. The first-order valence-corrected chi connectivity index (χ1v) is 6.85. The number of ether oxygens (including phenoxy) is 1. The normalized spacial score (nSPS) is 10.5. The van der Waals surface area contributed by atoms with E-state index in [1.54, 1.807) is 30.3 Å². The molecule has 1 aromatic heterocycles. The minimum Gasteiger partial charge on any atom is -0.465 e. The predicted molar refractivity (Wildman–Crippen MR) is 84.0 cm³/mol. The number of hydrogen-bond donors (Lipinski definition) is 2. The molecule has 0 aliphatic rings. The molecule has 0 saturated carbocycles. The van der Waals surface area contributed by atoms with Crippen LogP contribution < -0.4 is 5.32 Å². The molecule has 0 atom stereocenters. The van der Waals surface area contributed by atoms with Crippen molar-refractivity contribution in [1.82, 2.24) is 4.98 Å². The number of carbonyl (C=O) groups is 2. The zero-order valence-electron chi connectivity index (χ0n) is 12.2. The first kappa shape index (κ1) is 14.8. The fraction of sp³-hybridized carbons (Fsp3) is 0.0588. The molecule has 0 bridgehead atoms. The van der Waals surface area contributed by atoms with Crippen molar-refractivity contribution in [3.63, 3.8) is 0 Å². The van der Waals surface area contributed by atoms with Crippen LogP contribution in [0.3, 0.4) is 0 Å². The van der Waals surface area contributed by atoms with Crippen LogP contribution in [0.5, 0.6) is 0 Å². The second kappa shape index (κ2) is 5.92. The van der Waals surface area contributed by atoms with E-state index in [4.69, 9.17) is 0 Å². The summed E-state index contributed by atoms with van der Waals surface area (Å²) in [4.78, 5) is 26.6. The Morgan fingerprint density at radius 1 is 1.13 bits per heavy atom. The van der Waals surface area contributed by atoms with E-state index in [9.17, 15) is 14.0 Å². The highest BCUT2D eigenvalue weighted by atomic mass is 19.1. The van der Waals surface area contributed by atoms with Crippen LogP contribution in [-0.2, 0) is 4.74 Å². The van der Waals surface area contributed by atoms with Gasteiger partial charge in [-0.25, -0.2) is 9.18 Å². The molecule has 2 aromatic carbocycles. The van der Waals surface area contributed by atoms with E-state index in [-0.39, 0.29) is 11.7 Å². The number of hydrogen-bond acceptors (Lipinski definition) is 3. The molecule has 3 aromatic rings. The number of nitrogens with one attached hydrogen (secondary N) is 2. The van der Waals surface area contributed by atoms with Gasteiger partial charge in [0, 0.05) is 16.6 Å². The minimum absolute atomic E-state index is 0.300. The third-order valence-corrected chi connectivity index (χ3v) is 3.37. The summed E-state index contributed by atoms with van der Waals surface area (Å²) in [5.41, 5.74) is 1.64. The summed E-state index contributed by atoms with van der Waals surface area (Å²) in [5, 5.41) is 3.42. The number of fused-ring (bicyclic) bond motifs is 1. The number of H-pyrrole nitrogens is 1. The van der Waals surface area contributed by atoms with Crippen molar-refractivity contribution < 1.29 is 18.7 Å². The van der Waals surface area contributed by atoms with Crippen molar-refractivity contribution in [2.24, 2.45) is 0 Å². The van der Waals surface area contributed by atoms with Crippen molar-refractivity contribution in [1.29, 1.82) is 0 Å². The Hall–Kier alpha value is -3.15. The number of esters is 1. The second-order valence-electron chi connectivity index (χ2n) is 4.94. The molecule has 0 radical (unpaired) electrons. The Morgan fingerprint density at radius 2 is 1.96 bits per heavy atom. The van der Waals surface area contributed by atoms with Crippen LogP contribution in [-0.4, -0.2) is 24.0 Å². The molecule has 23 heavy (non-hydrogen) atoms. The number of amides is 1. The molecule has 0 saturated heterocycles. The summed E-state index contributed by atoms with van der Waals surface area (Å²) in [6, 6.07) is 12.3. The van der Waals surface area contributed by atoms with Gasteiger partial charge in [-0.2, -0.15) is 0 Å². The molecular formula is C17H13FN2O3. The number of benzene rings is 2. The molecule has 0 aliphatic carbocycles. The average molecular weight is 312 g/mol. The molecule has 116 valence electrons. The smallest absolute Gasteiger partial charge is 0.337 e. The van der Waals surface area contributed by atoms with E-state index in [0.717, 1.165) is 5.39 Å². The summed E-state index contributed by atoms with van der Waals surface area (Å²) >= 11 is 0. The van der Waals surface area contributed by atoms with Crippen LogP contribution in [0.2, 0.25) is 0 Å². The van der Waals surface area contributed by atoms with E-state index >= 15 is 0 Å². The maximum absolute atomic E-state index is 13.2. The molecule has 0 fully saturated rings. The average Bonchev–Trinajstić information content (AvgIpc) is 2.97. The lowest BCUT2D eigenvalue weighted by Gasteiger charge is -2.05. The summed E-state index contributed by atoms with van der Waals surface area (Å²) < 4.78 is 17.8. The summed E-state index contributed by atoms with van der Waals surface area (Å²) in [6.07, 6.45) is 0. The van der Waals surface area contributed by atoms with Crippen LogP contribution in [0.1, 0.15) is 20.8 Å². The lowest BCUT2D eigenvalue weighted by Crippen LogP contribution is -2.12. The Bertz CT molecular complexity index is 902. The first-order valence-electron chi connectivity index (χ1n) is 6.85. The number of anilines is 1. The van der Waals surface area contributed by atoms with E-state index in [0.29, 0.717) is 22.5 Å². The van der Waals surface area contributed by atoms with E-state index < -0.39 is 5.97 Å². The molecule has 5 nitrogen and oxygen atoms in total. The van der Waals surface area contributed by atoms with Crippen molar-refractivity contribution in [2.45, 2.75) is 0 Å². The van der Waals surface area contributed by atoms with Gasteiger partial charge in [-0.05, 0) is 42.5 Å². The number of methoxy groups -OCH3 is 1. The molecule has 0 spiro atoms. The van der Waals surface area contributed by atoms with E-state index in [2.05, 4.69) is 15.0 Å². The SMILES string of the molecule is COC(=O)c1cccc(NC(=O)c2cc3ccc(F)cc3[nH]2)c1. The van der Waals surface area contributed by atoms with Crippen LogP contribution in [0.4, 0.5) is 10.1 Å². The number of carbonyl (C=O) groups excluding carboxylic acids is 2. The molecule has 2 N–H and O–H groups in total. The van der Waals surface area contributed by atoms with Gasteiger partial charge in [0.15, 0.2) is 0 Å². The summed E-state index contributed by atoms with van der Waals surface area (Å²) in [6.45, 7) is 0. The van der Waals surface area contributed by atoms with Crippen molar-refractivity contribution in [3.05, 3.63) is 65.6 Å². The van der Waals surface area contributed by atoms with Crippen molar-refractivity contribution in [3.8, 4) is 0 Å². The molecule has 1 amide bonds. The highest BCUT2D eigenvalue weighted by Gasteiger charge is 2.12. The van der Waals surface area contributed by atoms with Gasteiger partial charge in [0.1, 0.15) is 11.5 Å². The van der Waals surface area contributed by atoms with Crippen molar-refractivity contribution in [2.75, 3.05) is 12.4 Å². The number of halogens is 1. The zero-order chi connectivity index (χ0) is 16.4. The largest absolute Gasteiger partial charge is 0.465 e. The topological polar surface area (TPSA) is 71.2 Å². The fourth-order valence-electron chi connectivity index (χ4n) is 2.26. The van der Waals surface area contributed by atoms with Gasteiger partial charge in [0.25, 0.3) is 5.91 Å². The second-order valence-corrected chi connectivity index (χ2v) is 4.94. The predicted octanol–water partition coefficient (Wildman–Crippen LogP) is 3.35. The van der Waals surface area contributed by atoms with Crippen LogP contribution in [0.15, 0.2) is 48.5 Å². The molecule has 0 unspecified atom stereocenters. The Labute approximate surface area is 131 Å². The Morgan fingerprint density at radius 3 is 2.74 bits per heavy atom. The third kappa shape index (κ3) is 3.06. The molecule has 6 heteroatoms. The molecule has 3 rings (SSSR count). The zero-order valence-corrected chi connectivity index (χ0v) is 12.2. The number of aromatic amines is 1. The Kier molecular flexibility index (Phi) is 3.80. The molecular weight excluding hydrogens is 299 g/mol. The highest BCUT2D eigenvalue weighted by molar-refractivity contribution is 6.06. The first-order chi connectivity index (χ1) is 11.1. The maximum Gasteiger partial charge on any atom is 0.337 e. The Balaban J connectivity index is 1.84. The quantitative estimate of drug-likeness (QED) is 0.729. The monoisotopic (exact) mass is 312 g/mol. The molecule has 1 heterocycles. The lowest BCUT2D eigenvalue weighted by atomic mass is 10.2. The third-order valence-electron chi connectivity index (χ3n) is 3.37. The van der Waals surface area contributed by atoms with Gasteiger partial charge in [-0.1, -0.05) is 6.07 Å². The van der Waals surface area contributed by atoms with Crippen LogP contribution >= 0.6 is 0 Å². The maximum atomic E-state index is 13.2. The van der Waals surface area contributed by atoms with Crippen LogP contribution in [0.25, 0.3) is 10.9 Å². The van der Waals surface area contributed by atoms with E-state index in [1.807, 2.05) is 0 Å². The van der Waals surface area contributed by atoms with Gasteiger partial charge in [0.2, 0.25) is 0 Å². The summed E-state index contributed by atoms with van der Waals surface area (Å²) in [7, 11) is 1.29. The fourth-order valence-corrected chi connectivity index (χ4v) is 2.26. The van der Waals surface area contributed by atoms with E-state index in [1.165, 1.54) is 25.3 Å². The number of rotatable bonds is 3. The number of aromatic nitrogens is 1. The minimum atomic E-state index is -0.484. The van der Waals surface area contributed by atoms with Crippen molar-refractivity contribution >= 4 is 28.5 Å². The van der Waals surface area contributed by atoms with Gasteiger partial charge < -0.3 is 15.0 Å². The van der Waals surface area contributed by atoms with Gasteiger partial charge in [-0.15, -0.1) is 0 Å².